The van der Waals surface area contributed by atoms with Crippen molar-refractivity contribution in [2.24, 2.45) is 0 Å². The highest BCUT2D eigenvalue weighted by molar-refractivity contribution is 9.10. The van der Waals surface area contributed by atoms with Gasteiger partial charge in [0.2, 0.25) is 0 Å². The lowest BCUT2D eigenvalue weighted by atomic mass is 10.1. The standard InChI is InChI=1S/C17H19BrN4O3/c1-3-22-14-7-8-21(17(24)25)9-13(14)19-15(22)16(23)20-12-6-4-5-11(18)10(12)2/h4-6H,3,7-9H2,1-2H3,(H,20,23)(H,24,25). The summed E-state index contributed by atoms with van der Waals surface area (Å²) in [4.78, 5) is 29.7. The quantitative estimate of drug-likeness (QED) is 0.818. The first-order valence-electron chi connectivity index (χ1n) is 8.05. The monoisotopic (exact) mass is 406 g/mol. The van der Waals surface area contributed by atoms with Gasteiger partial charge in [0.25, 0.3) is 5.91 Å². The second-order valence-electron chi connectivity index (χ2n) is 5.89. The zero-order valence-electron chi connectivity index (χ0n) is 14.0. The van der Waals surface area contributed by atoms with Gasteiger partial charge in [0, 0.05) is 35.4 Å². The van der Waals surface area contributed by atoms with Crippen molar-refractivity contribution < 1.29 is 14.7 Å². The molecule has 0 radical (unpaired) electrons. The number of rotatable bonds is 3. The Hall–Kier alpha value is -2.35. The van der Waals surface area contributed by atoms with Gasteiger partial charge in [-0.2, -0.15) is 0 Å². The van der Waals surface area contributed by atoms with E-state index in [2.05, 4.69) is 26.2 Å². The van der Waals surface area contributed by atoms with Gasteiger partial charge in [-0.25, -0.2) is 9.78 Å². The SMILES string of the molecule is CCn1c(C(=O)Nc2cccc(Br)c2C)nc2c1CCN(C(=O)O)C2. The van der Waals surface area contributed by atoms with E-state index in [1.54, 1.807) is 0 Å². The summed E-state index contributed by atoms with van der Waals surface area (Å²) in [7, 11) is 0. The molecular formula is C17H19BrN4O3. The highest BCUT2D eigenvalue weighted by Gasteiger charge is 2.28. The number of nitrogens with zero attached hydrogens (tertiary/aromatic N) is 3. The number of fused-ring (bicyclic) bond motifs is 1. The van der Waals surface area contributed by atoms with E-state index in [9.17, 15) is 9.59 Å². The third kappa shape index (κ3) is 3.26. The van der Waals surface area contributed by atoms with Crippen molar-refractivity contribution in [2.75, 3.05) is 11.9 Å². The Labute approximate surface area is 153 Å². The van der Waals surface area contributed by atoms with Gasteiger partial charge < -0.3 is 19.9 Å². The molecular weight excluding hydrogens is 388 g/mol. The van der Waals surface area contributed by atoms with Crippen molar-refractivity contribution in [3.8, 4) is 0 Å². The van der Waals surface area contributed by atoms with Crippen LogP contribution in [-0.2, 0) is 19.5 Å². The third-order valence-electron chi connectivity index (χ3n) is 4.42. The molecule has 0 fully saturated rings. The van der Waals surface area contributed by atoms with Crippen LogP contribution in [0.3, 0.4) is 0 Å². The molecule has 0 aliphatic carbocycles. The summed E-state index contributed by atoms with van der Waals surface area (Å²) in [5.74, 6) is 0.0263. The molecule has 2 amide bonds. The van der Waals surface area contributed by atoms with Gasteiger partial charge in [0.1, 0.15) is 0 Å². The fraction of sp³-hybridized carbons (Fsp3) is 0.353. The number of carboxylic acid groups (broad SMARTS) is 1. The minimum atomic E-state index is -0.965. The molecule has 132 valence electrons. The predicted octanol–water partition coefficient (Wildman–Crippen LogP) is 3.26. The van der Waals surface area contributed by atoms with Crippen LogP contribution in [0.25, 0.3) is 0 Å². The Bertz CT molecular complexity index is 847. The Kier molecular flexibility index (Phi) is 4.80. The molecule has 2 heterocycles. The van der Waals surface area contributed by atoms with Crippen LogP contribution in [0.1, 0.15) is 34.5 Å². The molecule has 2 aromatic rings. The number of carbonyl (C=O) groups excluding carboxylic acids is 1. The minimum absolute atomic E-state index is 0.216. The molecule has 8 heteroatoms. The van der Waals surface area contributed by atoms with Crippen LogP contribution in [0.5, 0.6) is 0 Å². The van der Waals surface area contributed by atoms with Gasteiger partial charge in [-0.1, -0.05) is 22.0 Å². The lowest BCUT2D eigenvalue weighted by Crippen LogP contribution is -2.35. The molecule has 7 nitrogen and oxygen atoms in total. The lowest BCUT2D eigenvalue weighted by Gasteiger charge is -2.24. The molecule has 0 saturated carbocycles. The number of anilines is 1. The summed E-state index contributed by atoms with van der Waals surface area (Å²) in [6.45, 7) is 5.11. The molecule has 0 unspecified atom stereocenters. The maximum atomic E-state index is 12.8. The molecule has 1 aromatic heterocycles. The lowest BCUT2D eigenvalue weighted by molar-refractivity contribution is 0.101. The average molecular weight is 407 g/mol. The number of halogens is 1. The van der Waals surface area contributed by atoms with Crippen LogP contribution in [0, 0.1) is 6.92 Å². The van der Waals surface area contributed by atoms with Gasteiger partial charge in [-0.05, 0) is 31.5 Å². The maximum Gasteiger partial charge on any atom is 0.407 e. The van der Waals surface area contributed by atoms with E-state index < -0.39 is 6.09 Å². The van der Waals surface area contributed by atoms with Crippen molar-refractivity contribution in [1.29, 1.82) is 0 Å². The first-order valence-corrected chi connectivity index (χ1v) is 8.84. The normalized spacial score (nSPS) is 13.5. The molecule has 2 N–H and O–H groups in total. The van der Waals surface area contributed by atoms with E-state index in [4.69, 9.17) is 5.11 Å². The molecule has 1 aliphatic heterocycles. The van der Waals surface area contributed by atoms with Crippen LogP contribution < -0.4 is 5.32 Å². The number of amides is 2. The Balaban J connectivity index is 1.91. The first-order chi connectivity index (χ1) is 11.9. The largest absolute Gasteiger partial charge is 0.465 e. The summed E-state index contributed by atoms with van der Waals surface area (Å²) >= 11 is 3.45. The van der Waals surface area contributed by atoms with Crippen molar-refractivity contribution >= 4 is 33.6 Å². The smallest absolute Gasteiger partial charge is 0.407 e. The van der Waals surface area contributed by atoms with E-state index >= 15 is 0 Å². The van der Waals surface area contributed by atoms with Crippen LogP contribution in [0.15, 0.2) is 22.7 Å². The van der Waals surface area contributed by atoms with Crippen molar-refractivity contribution in [2.45, 2.75) is 33.4 Å². The van der Waals surface area contributed by atoms with Gasteiger partial charge in [0.05, 0.1) is 12.2 Å². The summed E-state index contributed by atoms with van der Waals surface area (Å²) in [6, 6.07) is 5.61. The average Bonchev–Trinajstić information content (AvgIpc) is 2.96. The van der Waals surface area contributed by atoms with Crippen LogP contribution in [0.4, 0.5) is 10.5 Å². The van der Waals surface area contributed by atoms with Gasteiger partial charge in [-0.15, -0.1) is 0 Å². The van der Waals surface area contributed by atoms with Crippen molar-refractivity contribution in [3.05, 3.63) is 45.4 Å². The fourth-order valence-corrected chi connectivity index (χ4v) is 3.41. The molecule has 0 spiro atoms. The van der Waals surface area contributed by atoms with E-state index in [0.29, 0.717) is 31.0 Å². The molecule has 25 heavy (non-hydrogen) atoms. The molecule has 0 atom stereocenters. The number of hydrogen-bond acceptors (Lipinski definition) is 3. The van der Waals surface area contributed by atoms with Gasteiger partial charge >= 0.3 is 6.09 Å². The molecule has 3 rings (SSSR count). The number of nitrogens with one attached hydrogen (secondary N) is 1. The number of carbonyl (C=O) groups is 2. The fourth-order valence-electron chi connectivity index (χ4n) is 3.04. The maximum absolute atomic E-state index is 12.8. The second-order valence-corrected chi connectivity index (χ2v) is 6.75. The molecule has 0 saturated heterocycles. The number of benzene rings is 1. The van der Waals surface area contributed by atoms with Crippen LogP contribution in [0.2, 0.25) is 0 Å². The predicted molar refractivity (Wildman–Crippen MR) is 96.9 cm³/mol. The Morgan fingerprint density at radius 3 is 2.84 bits per heavy atom. The Morgan fingerprint density at radius 2 is 2.16 bits per heavy atom. The molecule has 0 bridgehead atoms. The summed E-state index contributed by atoms with van der Waals surface area (Å²) in [5, 5.41) is 12.1. The minimum Gasteiger partial charge on any atom is -0.465 e. The summed E-state index contributed by atoms with van der Waals surface area (Å²) in [6.07, 6.45) is -0.404. The third-order valence-corrected chi connectivity index (χ3v) is 5.28. The highest BCUT2D eigenvalue weighted by Crippen LogP contribution is 2.25. The van der Waals surface area contributed by atoms with Crippen LogP contribution in [-0.4, -0.2) is 38.1 Å². The molecule has 1 aliphatic rings. The second kappa shape index (κ2) is 6.87. The topological polar surface area (TPSA) is 87.5 Å². The first kappa shape index (κ1) is 17.5. The van der Waals surface area contributed by atoms with Crippen molar-refractivity contribution in [3.63, 3.8) is 0 Å². The van der Waals surface area contributed by atoms with Crippen LogP contribution >= 0.6 is 15.9 Å². The summed E-state index contributed by atoms with van der Waals surface area (Å²) in [5.41, 5.74) is 3.25. The summed E-state index contributed by atoms with van der Waals surface area (Å²) < 4.78 is 2.79. The van der Waals surface area contributed by atoms with E-state index in [0.717, 1.165) is 21.4 Å². The zero-order chi connectivity index (χ0) is 18.1. The number of hydrogen-bond donors (Lipinski definition) is 2. The van der Waals surface area contributed by atoms with Gasteiger partial charge in [-0.3, -0.25) is 4.79 Å². The number of imidazole rings is 1. The van der Waals surface area contributed by atoms with E-state index in [1.165, 1.54) is 4.90 Å². The highest BCUT2D eigenvalue weighted by atomic mass is 79.9. The van der Waals surface area contributed by atoms with Crippen molar-refractivity contribution in [1.82, 2.24) is 14.5 Å². The van der Waals surface area contributed by atoms with E-state index in [1.807, 2.05) is 36.6 Å². The van der Waals surface area contributed by atoms with Gasteiger partial charge in [0.15, 0.2) is 5.82 Å². The van der Waals surface area contributed by atoms with E-state index in [-0.39, 0.29) is 12.5 Å². The molecule has 1 aromatic carbocycles. The Morgan fingerprint density at radius 1 is 1.40 bits per heavy atom. The zero-order valence-corrected chi connectivity index (χ0v) is 15.6. The number of aromatic nitrogens is 2.